The fourth-order valence-electron chi connectivity index (χ4n) is 2.56. The van der Waals surface area contributed by atoms with E-state index in [0.717, 1.165) is 37.3 Å². The van der Waals surface area contributed by atoms with Crippen LogP contribution in [0.25, 0.3) is 11.3 Å². The molecule has 2 nitrogen and oxygen atoms in total. The summed E-state index contributed by atoms with van der Waals surface area (Å²) in [6.07, 6.45) is -9.28. The third kappa shape index (κ3) is 4.37. The minimum atomic E-state index is -4.67. The van der Waals surface area contributed by atoms with E-state index in [1.165, 1.54) is 0 Å². The molecule has 0 atom stereocenters. The van der Waals surface area contributed by atoms with Crippen LogP contribution in [0.2, 0.25) is 0 Å². The Hall–Kier alpha value is -3.17. The molecule has 0 bridgehead atoms. The molecule has 158 valence electrons. The van der Waals surface area contributed by atoms with Crippen molar-refractivity contribution in [2.45, 2.75) is 19.3 Å². The van der Waals surface area contributed by atoms with Crippen LogP contribution in [0.4, 0.5) is 35.1 Å². The van der Waals surface area contributed by atoms with Crippen molar-refractivity contribution in [3.8, 4) is 22.9 Å². The number of nitrogens with zero attached hydrogens (tertiary/aromatic N) is 1. The Morgan fingerprint density at radius 2 is 1.37 bits per heavy atom. The summed E-state index contributed by atoms with van der Waals surface area (Å²) in [5, 5.41) is 0. The van der Waals surface area contributed by atoms with Crippen LogP contribution >= 0.6 is 0 Å². The first-order valence-electron chi connectivity index (χ1n) is 8.26. The van der Waals surface area contributed by atoms with E-state index in [-0.39, 0.29) is 5.56 Å². The highest BCUT2D eigenvalue weighted by Gasteiger charge is 2.31. The number of rotatable bonds is 3. The Bertz CT molecular complexity index is 1070. The van der Waals surface area contributed by atoms with E-state index in [2.05, 4.69) is 4.98 Å². The Kier molecular flexibility index (Phi) is 5.44. The minimum absolute atomic E-state index is 0.0995. The average molecular weight is 433 g/mol. The zero-order chi connectivity index (χ0) is 22.3. The Morgan fingerprint density at radius 1 is 0.767 bits per heavy atom. The van der Waals surface area contributed by atoms with Crippen molar-refractivity contribution in [2.75, 3.05) is 0 Å². The van der Waals surface area contributed by atoms with Crippen LogP contribution in [0.1, 0.15) is 16.7 Å². The lowest BCUT2D eigenvalue weighted by molar-refractivity contribution is -0.138. The van der Waals surface area contributed by atoms with Gasteiger partial charge in [0.15, 0.2) is 11.6 Å². The van der Waals surface area contributed by atoms with Crippen LogP contribution in [0.5, 0.6) is 11.6 Å². The maximum Gasteiger partial charge on any atom is 0.416 e. The molecule has 0 radical (unpaired) electrons. The first kappa shape index (κ1) is 21.5. The van der Waals surface area contributed by atoms with Crippen LogP contribution in [-0.4, -0.2) is 4.98 Å². The normalized spacial score (nSPS) is 12.2. The van der Waals surface area contributed by atoms with Crippen molar-refractivity contribution >= 4 is 0 Å². The molecule has 0 aliphatic carbocycles. The summed E-state index contributed by atoms with van der Waals surface area (Å²) in [7, 11) is 0. The zero-order valence-corrected chi connectivity index (χ0v) is 15.0. The lowest BCUT2D eigenvalue weighted by Gasteiger charge is -2.13. The van der Waals surface area contributed by atoms with Gasteiger partial charge in [-0.2, -0.15) is 26.3 Å². The predicted molar refractivity (Wildman–Crippen MR) is 90.8 cm³/mol. The van der Waals surface area contributed by atoms with Gasteiger partial charge in [0.05, 0.1) is 11.1 Å². The van der Waals surface area contributed by atoms with Crippen molar-refractivity contribution in [2.24, 2.45) is 0 Å². The van der Waals surface area contributed by atoms with Gasteiger partial charge in [0.25, 0.3) is 5.88 Å². The summed E-state index contributed by atoms with van der Waals surface area (Å²) in [6.45, 7) is 1.04. The van der Waals surface area contributed by atoms with Gasteiger partial charge >= 0.3 is 12.4 Å². The quantitative estimate of drug-likeness (QED) is 0.409. The van der Waals surface area contributed by atoms with Gasteiger partial charge in [0, 0.05) is 11.1 Å². The van der Waals surface area contributed by atoms with Crippen molar-refractivity contribution < 1.29 is 39.9 Å². The van der Waals surface area contributed by atoms with Gasteiger partial charge in [-0.05, 0) is 37.3 Å². The second-order valence-electron chi connectivity index (χ2n) is 6.22. The van der Waals surface area contributed by atoms with Crippen molar-refractivity contribution in [1.29, 1.82) is 0 Å². The SMILES string of the molecule is Cc1c(F)c(Oc2cccc(C(F)(F)F)c2)nc(-c2ccc(C(F)(F)F)cc2)c1F. The van der Waals surface area contributed by atoms with Gasteiger partial charge in [0.1, 0.15) is 11.4 Å². The lowest BCUT2D eigenvalue weighted by Crippen LogP contribution is -2.06. The fraction of sp³-hybridized carbons (Fsp3) is 0.150. The highest BCUT2D eigenvalue weighted by Crippen LogP contribution is 2.36. The standard InChI is InChI=1S/C20H11F8NO/c1-10-15(21)17(11-5-7-12(8-6-11)19(23,24)25)29-18(16(10)22)30-14-4-2-3-13(9-14)20(26,27)28/h2-9H,1H3. The summed E-state index contributed by atoms with van der Waals surface area (Å²) in [6, 6.07) is 6.82. The summed E-state index contributed by atoms with van der Waals surface area (Å²) < 4.78 is 111. The molecule has 0 aliphatic rings. The molecule has 1 aromatic heterocycles. The van der Waals surface area contributed by atoms with E-state index >= 15 is 0 Å². The number of pyridine rings is 1. The van der Waals surface area contributed by atoms with E-state index < -0.39 is 58.0 Å². The van der Waals surface area contributed by atoms with Gasteiger partial charge in [-0.15, -0.1) is 0 Å². The molecule has 0 aliphatic heterocycles. The lowest BCUT2D eigenvalue weighted by atomic mass is 10.1. The number of benzene rings is 2. The molecule has 3 rings (SSSR count). The van der Waals surface area contributed by atoms with Gasteiger partial charge in [0.2, 0.25) is 0 Å². The predicted octanol–water partition coefficient (Wildman–Crippen LogP) is 7.17. The minimum Gasteiger partial charge on any atom is -0.436 e. The molecule has 0 unspecified atom stereocenters. The topological polar surface area (TPSA) is 22.1 Å². The summed E-state index contributed by atoms with van der Waals surface area (Å²) in [5.41, 5.74) is -3.20. The molecular weight excluding hydrogens is 422 g/mol. The second kappa shape index (κ2) is 7.58. The van der Waals surface area contributed by atoms with Crippen LogP contribution in [0.15, 0.2) is 48.5 Å². The molecule has 0 fully saturated rings. The largest absolute Gasteiger partial charge is 0.436 e. The first-order valence-corrected chi connectivity index (χ1v) is 8.26. The molecule has 1 heterocycles. The molecule has 0 saturated carbocycles. The summed E-state index contributed by atoms with van der Waals surface area (Å²) >= 11 is 0. The summed E-state index contributed by atoms with van der Waals surface area (Å²) in [4.78, 5) is 3.65. The first-order chi connectivity index (χ1) is 13.9. The molecule has 0 amide bonds. The second-order valence-corrected chi connectivity index (χ2v) is 6.22. The summed E-state index contributed by atoms with van der Waals surface area (Å²) in [5.74, 6) is -3.60. The number of hydrogen-bond acceptors (Lipinski definition) is 2. The highest BCUT2D eigenvalue weighted by molar-refractivity contribution is 5.62. The van der Waals surface area contributed by atoms with Crippen LogP contribution in [0, 0.1) is 18.6 Å². The fourth-order valence-corrected chi connectivity index (χ4v) is 2.56. The van der Waals surface area contributed by atoms with E-state index in [4.69, 9.17) is 4.74 Å². The zero-order valence-electron chi connectivity index (χ0n) is 15.0. The van der Waals surface area contributed by atoms with Crippen molar-refractivity contribution in [3.63, 3.8) is 0 Å². The number of hydrogen-bond donors (Lipinski definition) is 0. The molecule has 0 spiro atoms. The molecule has 0 N–H and O–H groups in total. The molecular formula is C20H11F8NO. The third-order valence-corrected chi connectivity index (χ3v) is 4.13. The van der Waals surface area contributed by atoms with Crippen molar-refractivity contribution in [3.05, 3.63) is 76.9 Å². The van der Waals surface area contributed by atoms with Gasteiger partial charge in [-0.3, -0.25) is 0 Å². The number of halogens is 8. The van der Waals surface area contributed by atoms with E-state index in [0.29, 0.717) is 18.2 Å². The number of alkyl halides is 6. The Balaban J connectivity index is 2.03. The maximum absolute atomic E-state index is 14.5. The van der Waals surface area contributed by atoms with Crippen LogP contribution in [0.3, 0.4) is 0 Å². The van der Waals surface area contributed by atoms with Gasteiger partial charge in [-0.25, -0.2) is 13.8 Å². The Labute approximate surface area is 164 Å². The Morgan fingerprint density at radius 3 is 1.93 bits per heavy atom. The smallest absolute Gasteiger partial charge is 0.416 e. The molecule has 10 heteroatoms. The molecule has 30 heavy (non-hydrogen) atoms. The molecule has 0 saturated heterocycles. The number of aromatic nitrogens is 1. The molecule has 3 aromatic rings. The van der Waals surface area contributed by atoms with Crippen LogP contribution in [-0.2, 0) is 12.4 Å². The average Bonchev–Trinajstić information content (AvgIpc) is 2.67. The molecule has 2 aromatic carbocycles. The number of ether oxygens (including phenoxy) is 1. The van der Waals surface area contributed by atoms with Crippen molar-refractivity contribution in [1.82, 2.24) is 4.98 Å². The van der Waals surface area contributed by atoms with E-state index in [9.17, 15) is 35.1 Å². The maximum atomic E-state index is 14.5. The van der Waals surface area contributed by atoms with Gasteiger partial charge < -0.3 is 4.74 Å². The highest BCUT2D eigenvalue weighted by atomic mass is 19.4. The van der Waals surface area contributed by atoms with E-state index in [1.807, 2.05) is 0 Å². The third-order valence-electron chi connectivity index (χ3n) is 4.13. The monoisotopic (exact) mass is 433 g/mol. The van der Waals surface area contributed by atoms with Crippen LogP contribution < -0.4 is 4.74 Å². The van der Waals surface area contributed by atoms with Gasteiger partial charge in [-0.1, -0.05) is 18.2 Å². The van der Waals surface area contributed by atoms with E-state index in [1.54, 1.807) is 0 Å².